The Hall–Kier alpha value is -3.04. The summed E-state index contributed by atoms with van der Waals surface area (Å²) in [4.78, 5) is 12.3. The third-order valence-corrected chi connectivity index (χ3v) is 6.24. The van der Waals surface area contributed by atoms with E-state index in [-0.39, 0.29) is 5.91 Å². The second-order valence-electron chi connectivity index (χ2n) is 6.43. The number of nitrogens with zero attached hydrogens (tertiary/aromatic N) is 2. The fourth-order valence-corrected chi connectivity index (χ4v) is 4.48. The smallest absolute Gasteiger partial charge is 0.250 e. The molecule has 31 heavy (non-hydrogen) atoms. The van der Waals surface area contributed by atoms with Crippen LogP contribution in [0.15, 0.2) is 46.8 Å². The van der Waals surface area contributed by atoms with Crippen molar-refractivity contribution in [3.63, 3.8) is 0 Å². The number of benzene rings is 2. The molecule has 0 atom stereocenters. The van der Waals surface area contributed by atoms with Crippen LogP contribution in [-0.2, 0) is 10.5 Å². The summed E-state index contributed by atoms with van der Waals surface area (Å²) in [5.74, 6) is 2.02. The third kappa shape index (κ3) is 6.22. The van der Waals surface area contributed by atoms with Gasteiger partial charge in [-0.25, -0.2) is 0 Å². The molecule has 1 aromatic heterocycles. The lowest BCUT2D eigenvalue weighted by atomic mass is 10.1. The lowest BCUT2D eigenvalue weighted by molar-refractivity contribution is -0.111. The van der Waals surface area contributed by atoms with E-state index in [4.69, 9.17) is 14.2 Å². The molecule has 0 bridgehead atoms. The molecule has 162 valence electrons. The maximum Gasteiger partial charge on any atom is 0.250 e. The van der Waals surface area contributed by atoms with Gasteiger partial charge in [0.1, 0.15) is 0 Å². The van der Waals surface area contributed by atoms with Gasteiger partial charge >= 0.3 is 0 Å². The summed E-state index contributed by atoms with van der Waals surface area (Å²) in [7, 11) is 4.63. The number of ether oxygens (including phenoxy) is 3. The van der Waals surface area contributed by atoms with Gasteiger partial charge in [0.25, 0.3) is 0 Å². The van der Waals surface area contributed by atoms with Gasteiger partial charge in [0.2, 0.25) is 16.8 Å². The average molecular weight is 458 g/mol. The minimum atomic E-state index is -0.305. The molecule has 3 aromatic rings. The molecular formula is C22H23N3O4S2. The molecular weight excluding hydrogens is 434 g/mol. The van der Waals surface area contributed by atoms with E-state index in [0.717, 1.165) is 15.7 Å². The number of amides is 1. The number of methoxy groups -OCH3 is 3. The first-order chi connectivity index (χ1) is 15.0. The summed E-state index contributed by atoms with van der Waals surface area (Å²) >= 11 is 2.93. The molecule has 0 saturated heterocycles. The van der Waals surface area contributed by atoms with Crippen LogP contribution in [0.3, 0.4) is 0 Å². The van der Waals surface area contributed by atoms with Crippen LogP contribution in [0.4, 0.5) is 5.13 Å². The largest absolute Gasteiger partial charge is 0.493 e. The molecule has 1 heterocycles. The highest BCUT2D eigenvalue weighted by Crippen LogP contribution is 2.38. The molecule has 2 aromatic carbocycles. The average Bonchev–Trinajstić information content (AvgIpc) is 3.22. The normalized spacial score (nSPS) is 10.8. The molecule has 0 aliphatic rings. The van der Waals surface area contributed by atoms with Gasteiger partial charge in [-0.3, -0.25) is 10.1 Å². The Morgan fingerprint density at radius 3 is 2.48 bits per heavy atom. The van der Waals surface area contributed by atoms with Gasteiger partial charge in [-0.15, -0.1) is 10.2 Å². The van der Waals surface area contributed by atoms with Gasteiger partial charge in [-0.1, -0.05) is 52.9 Å². The number of aryl methyl sites for hydroxylation is 1. The van der Waals surface area contributed by atoms with Crippen molar-refractivity contribution in [2.75, 3.05) is 26.6 Å². The van der Waals surface area contributed by atoms with Gasteiger partial charge in [0.05, 0.1) is 21.3 Å². The second-order valence-corrected chi connectivity index (χ2v) is 8.63. The summed E-state index contributed by atoms with van der Waals surface area (Å²) in [6.07, 6.45) is 3.08. The van der Waals surface area contributed by atoms with Crippen molar-refractivity contribution < 1.29 is 19.0 Å². The first kappa shape index (κ1) is 22.6. The predicted molar refractivity (Wildman–Crippen MR) is 124 cm³/mol. The minimum Gasteiger partial charge on any atom is -0.493 e. The van der Waals surface area contributed by atoms with Crippen LogP contribution < -0.4 is 19.5 Å². The Labute approximate surface area is 189 Å². The molecule has 1 amide bonds. The van der Waals surface area contributed by atoms with E-state index in [1.807, 2.05) is 6.07 Å². The molecule has 1 N–H and O–H groups in total. The SMILES string of the molecule is COc1cc(/C=C/C(=O)Nc2nnc(SCc3cccc(C)c3)s2)cc(OC)c1OC. The van der Waals surface area contributed by atoms with Crippen LogP contribution >= 0.6 is 23.1 Å². The van der Waals surface area contributed by atoms with Gasteiger partial charge in [0.15, 0.2) is 15.8 Å². The fourth-order valence-electron chi connectivity index (χ4n) is 2.78. The van der Waals surface area contributed by atoms with Gasteiger partial charge in [-0.05, 0) is 36.3 Å². The Morgan fingerprint density at radius 2 is 1.84 bits per heavy atom. The molecule has 0 spiro atoms. The molecule has 0 radical (unpaired) electrons. The zero-order valence-corrected chi connectivity index (χ0v) is 19.3. The Kier molecular flexibility index (Phi) is 7.91. The number of thioether (sulfide) groups is 1. The molecule has 0 unspecified atom stereocenters. The number of hydrogen-bond donors (Lipinski definition) is 1. The molecule has 9 heteroatoms. The topological polar surface area (TPSA) is 82.6 Å². The quantitative estimate of drug-likeness (QED) is 0.280. The van der Waals surface area contributed by atoms with Crippen LogP contribution in [0.25, 0.3) is 6.08 Å². The third-order valence-electron chi connectivity index (χ3n) is 4.20. The van der Waals surface area contributed by atoms with Crippen molar-refractivity contribution in [2.45, 2.75) is 17.0 Å². The fraction of sp³-hybridized carbons (Fsp3) is 0.227. The summed E-state index contributed by atoms with van der Waals surface area (Å²) in [6, 6.07) is 11.9. The van der Waals surface area contributed by atoms with Gasteiger partial charge < -0.3 is 14.2 Å². The highest BCUT2D eigenvalue weighted by atomic mass is 32.2. The number of rotatable bonds is 9. The van der Waals surface area contributed by atoms with E-state index in [1.165, 1.54) is 28.5 Å². The molecule has 0 saturated carbocycles. The summed E-state index contributed by atoms with van der Waals surface area (Å²) in [5, 5.41) is 11.4. The first-order valence-electron chi connectivity index (χ1n) is 9.33. The Bertz CT molecular complexity index is 1060. The Morgan fingerprint density at radius 1 is 1.10 bits per heavy atom. The monoisotopic (exact) mass is 457 g/mol. The van der Waals surface area contributed by atoms with Crippen molar-refractivity contribution in [1.29, 1.82) is 0 Å². The summed E-state index contributed by atoms with van der Waals surface area (Å²) in [6.45, 7) is 2.07. The maximum atomic E-state index is 12.3. The van der Waals surface area contributed by atoms with E-state index < -0.39 is 0 Å². The van der Waals surface area contributed by atoms with E-state index in [9.17, 15) is 4.79 Å². The number of carbonyl (C=O) groups is 1. The summed E-state index contributed by atoms with van der Waals surface area (Å²) in [5.41, 5.74) is 3.18. The second kappa shape index (κ2) is 10.8. The molecule has 0 aliphatic carbocycles. The van der Waals surface area contributed by atoms with E-state index >= 15 is 0 Å². The van der Waals surface area contributed by atoms with Crippen LogP contribution in [0.2, 0.25) is 0 Å². The molecule has 0 aliphatic heterocycles. The van der Waals surface area contributed by atoms with Crippen molar-refractivity contribution in [3.8, 4) is 17.2 Å². The molecule has 0 fully saturated rings. The van der Waals surface area contributed by atoms with Crippen molar-refractivity contribution in [2.24, 2.45) is 0 Å². The predicted octanol–water partition coefficient (Wildman–Crippen LogP) is 4.82. The van der Waals surface area contributed by atoms with Crippen molar-refractivity contribution in [1.82, 2.24) is 10.2 Å². The first-order valence-corrected chi connectivity index (χ1v) is 11.1. The van der Waals surface area contributed by atoms with Crippen LogP contribution in [0.1, 0.15) is 16.7 Å². The van der Waals surface area contributed by atoms with E-state index in [1.54, 1.807) is 51.3 Å². The lowest BCUT2D eigenvalue weighted by Gasteiger charge is -2.12. The zero-order valence-electron chi connectivity index (χ0n) is 17.7. The Balaban J connectivity index is 1.60. The number of hydrogen-bond acceptors (Lipinski definition) is 8. The number of carbonyl (C=O) groups excluding carboxylic acids is 1. The molecule has 7 nitrogen and oxygen atoms in total. The van der Waals surface area contributed by atoms with E-state index in [2.05, 4.69) is 40.6 Å². The molecule has 3 rings (SSSR count). The van der Waals surface area contributed by atoms with Crippen molar-refractivity contribution in [3.05, 3.63) is 59.2 Å². The zero-order chi connectivity index (χ0) is 22.2. The van der Waals surface area contributed by atoms with Gasteiger partial charge in [0, 0.05) is 11.8 Å². The highest BCUT2D eigenvalue weighted by Gasteiger charge is 2.12. The number of anilines is 1. The highest BCUT2D eigenvalue weighted by molar-refractivity contribution is 8.00. The lowest BCUT2D eigenvalue weighted by Crippen LogP contribution is -2.07. The van der Waals surface area contributed by atoms with Crippen molar-refractivity contribution >= 4 is 40.2 Å². The maximum absolute atomic E-state index is 12.3. The number of nitrogens with one attached hydrogen (secondary N) is 1. The number of aromatic nitrogens is 2. The van der Waals surface area contributed by atoms with Crippen LogP contribution in [-0.4, -0.2) is 37.4 Å². The van der Waals surface area contributed by atoms with E-state index in [0.29, 0.717) is 22.4 Å². The van der Waals surface area contributed by atoms with Crippen LogP contribution in [0.5, 0.6) is 17.2 Å². The summed E-state index contributed by atoms with van der Waals surface area (Å²) < 4.78 is 16.8. The standard InChI is InChI=1S/C22H23N3O4S2/c1-14-6-5-7-16(10-14)13-30-22-25-24-21(31-22)23-19(26)9-8-15-11-17(27-2)20(29-4)18(12-15)28-3/h5-12H,13H2,1-4H3,(H,23,24,26)/b9-8+. The van der Waals surface area contributed by atoms with Gasteiger partial charge in [-0.2, -0.15) is 0 Å². The minimum absolute atomic E-state index is 0.305. The van der Waals surface area contributed by atoms with Crippen LogP contribution in [0, 0.1) is 6.92 Å².